The number of hydrogen-bond acceptors (Lipinski definition) is 0. The summed E-state index contributed by atoms with van der Waals surface area (Å²) in [7, 11) is 0. The Morgan fingerprint density at radius 2 is 2.30 bits per heavy atom. The van der Waals surface area contributed by atoms with E-state index in [1.54, 1.807) is 6.07 Å². The molecule has 0 fully saturated rings. The molecular formula is C9H6F. The summed E-state index contributed by atoms with van der Waals surface area (Å²) >= 11 is 0. The van der Waals surface area contributed by atoms with Crippen LogP contribution in [0.4, 0.5) is 4.39 Å². The van der Waals surface area contributed by atoms with E-state index in [1.807, 2.05) is 12.1 Å². The van der Waals surface area contributed by atoms with Crippen molar-refractivity contribution in [1.29, 1.82) is 0 Å². The largest absolute Gasteiger partial charge is 0.207 e. The Morgan fingerprint density at radius 1 is 1.40 bits per heavy atom. The summed E-state index contributed by atoms with van der Waals surface area (Å²) < 4.78 is 12.8. The molecule has 1 aromatic carbocycles. The van der Waals surface area contributed by atoms with E-state index < -0.39 is 0 Å². The molecule has 0 bridgehead atoms. The SMILES string of the molecule is Fc1cccc2c1C[C]=C2. The van der Waals surface area contributed by atoms with E-state index in [-0.39, 0.29) is 5.82 Å². The molecule has 49 valence electrons. The minimum Gasteiger partial charge on any atom is -0.207 e. The molecule has 1 aromatic rings. The summed E-state index contributed by atoms with van der Waals surface area (Å²) in [6, 6.07) is 5.11. The first-order valence-corrected chi connectivity index (χ1v) is 3.22. The van der Waals surface area contributed by atoms with Crippen LogP contribution in [0.2, 0.25) is 0 Å². The van der Waals surface area contributed by atoms with Gasteiger partial charge in [0.1, 0.15) is 5.82 Å². The molecule has 2 rings (SSSR count). The Bertz CT molecular complexity index is 287. The van der Waals surface area contributed by atoms with Gasteiger partial charge < -0.3 is 0 Å². The molecule has 0 heterocycles. The van der Waals surface area contributed by atoms with E-state index in [4.69, 9.17) is 0 Å². The Kier molecular flexibility index (Phi) is 1.10. The van der Waals surface area contributed by atoms with Gasteiger partial charge in [-0.25, -0.2) is 4.39 Å². The van der Waals surface area contributed by atoms with Crippen molar-refractivity contribution in [3.63, 3.8) is 0 Å². The van der Waals surface area contributed by atoms with Crippen LogP contribution < -0.4 is 0 Å². The second-order valence-electron chi connectivity index (χ2n) is 2.33. The number of hydrogen-bond donors (Lipinski definition) is 0. The van der Waals surface area contributed by atoms with Crippen LogP contribution in [0.25, 0.3) is 6.08 Å². The first-order valence-electron chi connectivity index (χ1n) is 3.22. The lowest BCUT2D eigenvalue weighted by atomic mass is 10.1. The molecule has 1 aliphatic rings. The molecular weight excluding hydrogens is 127 g/mol. The maximum absolute atomic E-state index is 12.8. The Hall–Kier alpha value is -1.11. The predicted molar refractivity (Wildman–Crippen MR) is 37.8 cm³/mol. The first-order chi connectivity index (χ1) is 4.88. The normalized spacial score (nSPS) is 13.7. The third kappa shape index (κ3) is 0.670. The second kappa shape index (κ2) is 1.94. The highest BCUT2D eigenvalue weighted by molar-refractivity contribution is 5.57. The lowest BCUT2D eigenvalue weighted by molar-refractivity contribution is 0.615. The zero-order chi connectivity index (χ0) is 6.97. The highest BCUT2D eigenvalue weighted by atomic mass is 19.1. The third-order valence-corrected chi connectivity index (χ3v) is 1.69. The molecule has 0 spiro atoms. The Balaban J connectivity index is 2.66. The van der Waals surface area contributed by atoms with Gasteiger partial charge in [0.05, 0.1) is 0 Å². The molecule has 0 saturated heterocycles. The smallest absolute Gasteiger partial charge is 0.127 e. The van der Waals surface area contributed by atoms with Gasteiger partial charge in [-0.05, 0) is 23.3 Å². The van der Waals surface area contributed by atoms with E-state index in [0.717, 1.165) is 11.1 Å². The fourth-order valence-corrected chi connectivity index (χ4v) is 1.16. The number of rotatable bonds is 0. The molecule has 1 radical (unpaired) electrons. The average molecular weight is 133 g/mol. The number of fused-ring (bicyclic) bond motifs is 1. The van der Waals surface area contributed by atoms with Crippen molar-refractivity contribution in [2.24, 2.45) is 0 Å². The zero-order valence-electron chi connectivity index (χ0n) is 5.39. The van der Waals surface area contributed by atoms with Crippen molar-refractivity contribution in [3.05, 3.63) is 41.2 Å². The van der Waals surface area contributed by atoms with Gasteiger partial charge in [0.2, 0.25) is 0 Å². The second-order valence-corrected chi connectivity index (χ2v) is 2.33. The minimum atomic E-state index is -0.112. The van der Waals surface area contributed by atoms with Crippen LogP contribution >= 0.6 is 0 Å². The molecule has 0 aromatic heterocycles. The molecule has 0 amide bonds. The van der Waals surface area contributed by atoms with Crippen LogP contribution in [0.5, 0.6) is 0 Å². The number of benzene rings is 1. The van der Waals surface area contributed by atoms with Crippen LogP contribution in [-0.4, -0.2) is 0 Å². The number of allylic oxidation sites excluding steroid dienone is 1. The Morgan fingerprint density at radius 3 is 3.10 bits per heavy atom. The first kappa shape index (κ1) is 5.66. The monoisotopic (exact) mass is 133 g/mol. The summed E-state index contributed by atoms with van der Waals surface area (Å²) in [6.45, 7) is 0. The van der Waals surface area contributed by atoms with Crippen LogP contribution in [0.15, 0.2) is 18.2 Å². The maximum Gasteiger partial charge on any atom is 0.127 e. The minimum absolute atomic E-state index is 0.112. The molecule has 0 aliphatic heterocycles. The molecule has 0 unspecified atom stereocenters. The Labute approximate surface area is 59.0 Å². The molecule has 0 saturated carbocycles. The fourth-order valence-electron chi connectivity index (χ4n) is 1.16. The van der Waals surface area contributed by atoms with E-state index in [9.17, 15) is 4.39 Å². The molecule has 0 atom stereocenters. The summed E-state index contributed by atoms with van der Waals surface area (Å²) in [4.78, 5) is 0. The van der Waals surface area contributed by atoms with E-state index in [1.165, 1.54) is 6.07 Å². The lowest BCUT2D eigenvalue weighted by Gasteiger charge is -1.97. The summed E-state index contributed by atoms with van der Waals surface area (Å²) in [5, 5.41) is 0. The van der Waals surface area contributed by atoms with Gasteiger partial charge in [-0.15, -0.1) is 0 Å². The van der Waals surface area contributed by atoms with E-state index in [0.29, 0.717) is 6.42 Å². The van der Waals surface area contributed by atoms with Crippen LogP contribution in [0, 0.1) is 11.9 Å². The zero-order valence-corrected chi connectivity index (χ0v) is 5.39. The highest BCUT2D eigenvalue weighted by Crippen LogP contribution is 2.20. The maximum atomic E-state index is 12.8. The lowest BCUT2D eigenvalue weighted by Crippen LogP contribution is -1.86. The van der Waals surface area contributed by atoms with Gasteiger partial charge in [0.25, 0.3) is 0 Å². The van der Waals surface area contributed by atoms with Crippen LogP contribution in [-0.2, 0) is 6.42 Å². The molecule has 10 heavy (non-hydrogen) atoms. The van der Waals surface area contributed by atoms with Crippen molar-refractivity contribution < 1.29 is 4.39 Å². The molecule has 0 nitrogen and oxygen atoms in total. The molecule has 1 aliphatic carbocycles. The topological polar surface area (TPSA) is 0 Å². The van der Waals surface area contributed by atoms with Crippen LogP contribution in [0.3, 0.4) is 0 Å². The summed E-state index contributed by atoms with van der Waals surface area (Å²) in [5.41, 5.74) is 1.75. The predicted octanol–water partition coefficient (Wildman–Crippen LogP) is 2.20. The molecule has 0 N–H and O–H groups in total. The van der Waals surface area contributed by atoms with Crippen molar-refractivity contribution in [1.82, 2.24) is 0 Å². The van der Waals surface area contributed by atoms with Crippen molar-refractivity contribution >= 4 is 6.08 Å². The molecule has 1 heteroatoms. The van der Waals surface area contributed by atoms with Gasteiger partial charge >= 0.3 is 0 Å². The van der Waals surface area contributed by atoms with E-state index >= 15 is 0 Å². The van der Waals surface area contributed by atoms with Crippen molar-refractivity contribution in [2.45, 2.75) is 6.42 Å². The fraction of sp³-hybridized carbons (Fsp3) is 0.111. The quantitative estimate of drug-likeness (QED) is 0.509. The van der Waals surface area contributed by atoms with Gasteiger partial charge in [0.15, 0.2) is 0 Å². The van der Waals surface area contributed by atoms with Gasteiger partial charge in [-0.1, -0.05) is 18.2 Å². The van der Waals surface area contributed by atoms with Gasteiger partial charge in [-0.2, -0.15) is 0 Å². The van der Waals surface area contributed by atoms with Crippen LogP contribution in [0.1, 0.15) is 11.1 Å². The van der Waals surface area contributed by atoms with E-state index in [2.05, 4.69) is 6.08 Å². The summed E-state index contributed by atoms with van der Waals surface area (Å²) in [6.07, 6.45) is 5.42. The highest BCUT2D eigenvalue weighted by Gasteiger charge is 2.08. The van der Waals surface area contributed by atoms with Gasteiger partial charge in [-0.3, -0.25) is 0 Å². The standard InChI is InChI=1S/C9H6F/c10-9-6-2-4-7-3-1-5-8(7)9/h2-4,6H,5H2. The third-order valence-electron chi connectivity index (χ3n) is 1.69. The number of halogens is 1. The van der Waals surface area contributed by atoms with Crippen molar-refractivity contribution in [2.75, 3.05) is 0 Å². The average Bonchev–Trinajstić information content (AvgIpc) is 2.36. The van der Waals surface area contributed by atoms with Gasteiger partial charge in [0, 0.05) is 6.42 Å². The summed E-state index contributed by atoms with van der Waals surface area (Å²) in [5.74, 6) is -0.112. The van der Waals surface area contributed by atoms with Crippen molar-refractivity contribution in [3.8, 4) is 0 Å².